The molecule has 0 unspecified atom stereocenters. The molecule has 1 amide bonds. The van der Waals surface area contributed by atoms with E-state index in [-0.39, 0.29) is 18.2 Å². The number of sulfonamides is 1. The van der Waals surface area contributed by atoms with E-state index in [4.69, 9.17) is 9.40 Å². The summed E-state index contributed by atoms with van der Waals surface area (Å²) >= 11 is 2.20. The molecule has 0 aliphatic carbocycles. The molecule has 10 nitrogen and oxygen atoms in total. The third-order valence-corrected chi connectivity index (χ3v) is 10.4. The van der Waals surface area contributed by atoms with Gasteiger partial charge in [-0.15, -0.1) is 0 Å². The highest BCUT2D eigenvalue weighted by Gasteiger charge is 2.28. The number of amides is 1. The van der Waals surface area contributed by atoms with Crippen molar-refractivity contribution in [3.8, 4) is 40.0 Å². The summed E-state index contributed by atoms with van der Waals surface area (Å²) in [6.07, 6.45) is 1.82. The Morgan fingerprint density at radius 3 is 2.53 bits per heavy atom. The van der Waals surface area contributed by atoms with Crippen LogP contribution < -0.4 is 9.62 Å². The summed E-state index contributed by atoms with van der Waals surface area (Å²) < 4.78 is 35.9. The molecule has 0 saturated carbocycles. The molecule has 3 aromatic heterocycles. The minimum absolute atomic E-state index is 0.111. The molecule has 3 aromatic carbocycles. The lowest BCUT2D eigenvalue weighted by atomic mass is 9.99. The van der Waals surface area contributed by atoms with Gasteiger partial charge in [0.05, 0.1) is 51.7 Å². The highest BCUT2D eigenvalue weighted by Crippen LogP contribution is 2.42. The molecule has 0 spiro atoms. The van der Waals surface area contributed by atoms with Crippen LogP contribution in [0.25, 0.3) is 55.8 Å². The highest BCUT2D eigenvalue weighted by molar-refractivity contribution is 14.1. The molecule has 7 rings (SSSR count). The molecule has 0 atom stereocenters. The number of aromatic nitrogens is 2. The third kappa shape index (κ3) is 5.06. The molecular formula is C35H26IN5O5S. The summed E-state index contributed by atoms with van der Waals surface area (Å²) in [6.45, 7) is 0. The van der Waals surface area contributed by atoms with Crippen molar-refractivity contribution < 1.29 is 22.4 Å². The van der Waals surface area contributed by atoms with E-state index in [1.807, 2.05) is 42.5 Å². The van der Waals surface area contributed by atoms with Crippen LogP contribution in [0.4, 0.5) is 5.69 Å². The largest absolute Gasteiger partial charge is 0.455 e. The molecular weight excluding hydrogens is 729 g/mol. The molecule has 12 heteroatoms. The zero-order valence-electron chi connectivity index (χ0n) is 25.5. The van der Waals surface area contributed by atoms with E-state index in [2.05, 4.69) is 34.0 Å². The van der Waals surface area contributed by atoms with Crippen molar-refractivity contribution >= 4 is 72.0 Å². The van der Waals surface area contributed by atoms with Crippen LogP contribution in [-0.2, 0) is 16.4 Å². The molecule has 1 aliphatic heterocycles. The van der Waals surface area contributed by atoms with Gasteiger partial charge in [-0.1, -0.05) is 24.3 Å². The van der Waals surface area contributed by atoms with Crippen molar-refractivity contribution in [3.63, 3.8) is 0 Å². The zero-order chi connectivity index (χ0) is 33.2. The van der Waals surface area contributed by atoms with Crippen molar-refractivity contribution in [2.75, 3.05) is 24.7 Å². The number of halogens is 1. The van der Waals surface area contributed by atoms with Crippen LogP contribution in [-0.4, -0.2) is 50.1 Å². The molecule has 4 heterocycles. The van der Waals surface area contributed by atoms with Gasteiger partial charge in [0, 0.05) is 52.1 Å². The van der Waals surface area contributed by atoms with E-state index in [0.29, 0.717) is 79.1 Å². The maximum absolute atomic E-state index is 13.4. The average molecular weight is 756 g/mol. The Morgan fingerprint density at radius 1 is 1.06 bits per heavy atom. The smallest absolute Gasteiger partial charge is 0.255 e. The number of nitrogens with one attached hydrogen (secondary N) is 1. The molecule has 1 aliphatic rings. The number of pyridine rings is 1. The highest BCUT2D eigenvalue weighted by atomic mass is 127. The van der Waals surface area contributed by atoms with Crippen LogP contribution in [0.1, 0.15) is 32.7 Å². The lowest BCUT2D eigenvalue weighted by molar-refractivity contribution is 0.0910. The fourth-order valence-electron chi connectivity index (χ4n) is 6.12. The number of hydrogen-bond donors (Lipinski definition) is 1. The van der Waals surface area contributed by atoms with Crippen LogP contribution in [0.5, 0.6) is 0 Å². The van der Waals surface area contributed by atoms with Gasteiger partial charge in [-0.05, 0) is 77.0 Å². The van der Waals surface area contributed by atoms with Crippen molar-refractivity contribution in [2.24, 2.45) is 0 Å². The van der Waals surface area contributed by atoms with Gasteiger partial charge in [-0.25, -0.2) is 13.4 Å². The third-order valence-electron chi connectivity index (χ3n) is 8.52. The summed E-state index contributed by atoms with van der Waals surface area (Å²) in [5, 5.41) is 13.6. The number of carbonyl (C=O) groups is 2. The van der Waals surface area contributed by atoms with Gasteiger partial charge in [0.2, 0.25) is 15.9 Å². The summed E-state index contributed by atoms with van der Waals surface area (Å²) in [6, 6.07) is 23.9. The van der Waals surface area contributed by atoms with E-state index in [9.17, 15) is 23.3 Å². The lowest BCUT2D eigenvalue weighted by Gasteiger charge is -2.21. The van der Waals surface area contributed by atoms with Crippen LogP contribution in [0.15, 0.2) is 77.2 Å². The first-order valence-corrected chi connectivity index (χ1v) is 17.5. The number of rotatable bonds is 5. The number of benzene rings is 3. The number of anilines is 1. The number of nitrogens with zero attached hydrogens (tertiary/aromatic N) is 4. The summed E-state index contributed by atoms with van der Waals surface area (Å²) in [5.41, 5.74) is 5.54. The van der Waals surface area contributed by atoms with E-state index in [0.717, 1.165) is 19.7 Å². The van der Waals surface area contributed by atoms with Crippen LogP contribution in [0.2, 0.25) is 0 Å². The second-order valence-corrected chi connectivity index (χ2v) is 14.6. The quantitative estimate of drug-likeness (QED) is 0.196. The summed E-state index contributed by atoms with van der Waals surface area (Å²) in [4.78, 5) is 31.8. The molecule has 234 valence electrons. The van der Waals surface area contributed by atoms with Crippen molar-refractivity contribution in [2.45, 2.75) is 12.8 Å². The molecule has 6 aromatic rings. The first-order valence-electron chi connectivity index (χ1n) is 14.6. The van der Waals surface area contributed by atoms with Crippen molar-refractivity contribution in [1.82, 2.24) is 14.9 Å². The van der Waals surface area contributed by atoms with Crippen molar-refractivity contribution in [3.05, 3.63) is 93.1 Å². The second kappa shape index (κ2) is 11.4. The maximum Gasteiger partial charge on any atom is 0.255 e. The van der Waals surface area contributed by atoms with E-state index >= 15 is 0 Å². The standard InChI is InChI=1S/C35H26IN5O5S/c1-38-35(43)32-25-15-24(28(40(2)47(3,44)45)17-30(25)46-34(32)20-7-11-22(36)12-8-20)26-13-9-19-10-14-31(42)41-27-6-4-5-21(18-37)23(27)16-29(41)33(19)39-26/h4-9,11-13,15-17H,10,14H2,1-3H3,(H,38,43). The maximum atomic E-state index is 13.4. The monoisotopic (exact) mass is 755 g/mol. The number of furan rings is 1. The Hall–Kier alpha value is -5.00. The normalized spacial score (nSPS) is 12.8. The molecule has 47 heavy (non-hydrogen) atoms. The van der Waals surface area contributed by atoms with Gasteiger partial charge < -0.3 is 9.73 Å². The SMILES string of the molecule is CNC(=O)c1c(-c2ccc(I)cc2)oc2cc(N(C)S(C)(=O)=O)c(-c3ccc4c(n3)-c3cc5c(C#N)cccc5n3C(=O)CC4)cc12. The van der Waals surface area contributed by atoms with E-state index in [1.165, 1.54) is 14.1 Å². The molecule has 0 saturated heterocycles. The topological polar surface area (TPSA) is 138 Å². The van der Waals surface area contributed by atoms with Gasteiger partial charge >= 0.3 is 0 Å². The van der Waals surface area contributed by atoms with E-state index < -0.39 is 10.0 Å². The number of hydrogen-bond acceptors (Lipinski definition) is 7. The molecule has 0 bridgehead atoms. The van der Waals surface area contributed by atoms with Gasteiger partial charge in [0.15, 0.2) is 0 Å². The Bertz CT molecular complexity index is 2460. The zero-order valence-corrected chi connectivity index (χ0v) is 28.4. The second-order valence-electron chi connectivity index (χ2n) is 11.3. The first-order chi connectivity index (χ1) is 22.5. The van der Waals surface area contributed by atoms with Crippen molar-refractivity contribution in [1.29, 1.82) is 5.26 Å². The Balaban J connectivity index is 1.52. The van der Waals surface area contributed by atoms with Gasteiger partial charge in [0.1, 0.15) is 11.3 Å². The summed E-state index contributed by atoms with van der Waals surface area (Å²) in [5.74, 6) is -0.119. The number of carbonyl (C=O) groups excluding carboxylic acids is 2. The van der Waals surface area contributed by atoms with E-state index in [1.54, 1.807) is 34.9 Å². The Labute approximate surface area is 283 Å². The van der Waals surface area contributed by atoms with Crippen LogP contribution in [0.3, 0.4) is 0 Å². The predicted molar refractivity (Wildman–Crippen MR) is 189 cm³/mol. The Morgan fingerprint density at radius 2 is 1.83 bits per heavy atom. The van der Waals surface area contributed by atoms with Crippen LogP contribution in [0, 0.1) is 14.9 Å². The number of fused-ring (bicyclic) bond motifs is 6. The fraction of sp³-hybridized carbons (Fsp3) is 0.143. The van der Waals surface area contributed by atoms with Gasteiger partial charge in [-0.2, -0.15) is 5.26 Å². The number of nitriles is 1. The summed E-state index contributed by atoms with van der Waals surface area (Å²) in [7, 11) is -0.746. The van der Waals surface area contributed by atoms with Crippen LogP contribution >= 0.6 is 22.6 Å². The first kappa shape index (κ1) is 30.6. The molecule has 0 radical (unpaired) electrons. The predicted octanol–water partition coefficient (Wildman–Crippen LogP) is 6.60. The molecule has 0 fully saturated rings. The Kier molecular flexibility index (Phi) is 7.40. The average Bonchev–Trinajstić information content (AvgIpc) is 3.60. The lowest BCUT2D eigenvalue weighted by Crippen LogP contribution is -2.25. The van der Waals surface area contributed by atoms with Gasteiger partial charge in [-0.3, -0.25) is 18.5 Å². The fourth-order valence-corrected chi connectivity index (χ4v) is 6.99. The minimum Gasteiger partial charge on any atom is -0.455 e. The van der Waals surface area contributed by atoms with Gasteiger partial charge in [0.25, 0.3) is 5.91 Å². The number of aryl methyl sites for hydroxylation is 1. The minimum atomic E-state index is -3.74. The molecule has 1 N–H and O–H groups in total.